The van der Waals surface area contributed by atoms with Crippen LogP contribution in [0.25, 0.3) is 0 Å². The number of carbonyl (C=O) groups is 1. The van der Waals surface area contributed by atoms with Crippen molar-refractivity contribution in [2.75, 3.05) is 31.6 Å². The lowest BCUT2D eigenvalue weighted by atomic mass is 10.2. The molecule has 0 saturated carbocycles. The maximum Gasteiger partial charge on any atom is 0.229 e. The average molecular weight is 331 g/mol. The van der Waals surface area contributed by atoms with Gasteiger partial charge >= 0.3 is 0 Å². The van der Waals surface area contributed by atoms with Crippen molar-refractivity contribution in [2.24, 2.45) is 0 Å². The highest BCUT2D eigenvalue weighted by atomic mass is 31.2. The third-order valence-electron chi connectivity index (χ3n) is 4.18. The molecule has 0 bridgehead atoms. The van der Waals surface area contributed by atoms with E-state index in [0.717, 1.165) is 76.8 Å². The number of amides is 1. The van der Waals surface area contributed by atoms with Crippen molar-refractivity contribution >= 4 is 13.0 Å². The molecule has 0 atom stereocenters. The van der Waals surface area contributed by atoms with Crippen LogP contribution in [0.2, 0.25) is 0 Å². The van der Waals surface area contributed by atoms with Crippen LogP contribution in [0.3, 0.4) is 0 Å². The van der Waals surface area contributed by atoms with E-state index in [0.29, 0.717) is 6.16 Å². The van der Waals surface area contributed by atoms with Crippen molar-refractivity contribution in [3.05, 3.63) is 0 Å². The zero-order valence-corrected chi connectivity index (χ0v) is 16.3. The Morgan fingerprint density at radius 1 is 0.773 bits per heavy atom. The van der Waals surface area contributed by atoms with E-state index in [9.17, 15) is 9.36 Å². The quantitative estimate of drug-likeness (QED) is 0.401. The first-order chi connectivity index (χ1) is 10.5. The molecule has 3 nitrogen and oxygen atoms in total. The lowest BCUT2D eigenvalue weighted by molar-refractivity contribution is -0.128. The molecule has 1 amide bonds. The van der Waals surface area contributed by atoms with Gasteiger partial charge in [-0.15, -0.1) is 0 Å². The number of unbranched alkanes of at least 4 members (excludes halogenated alkanes) is 4. The van der Waals surface area contributed by atoms with Gasteiger partial charge in [0.15, 0.2) is 0 Å². The van der Waals surface area contributed by atoms with Crippen molar-refractivity contribution in [3.8, 4) is 0 Å². The first-order valence-electron chi connectivity index (χ1n) is 9.37. The van der Waals surface area contributed by atoms with Crippen LogP contribution in [0.4, 0.5) is 0 Å². The third-order valence-corrected chi connectivity index (χ3v) is 7.29. The van der Waals surface area contributed by atoms with Crippen LogP contribution in [0.1, 0.15) is 79.1 Å². The normalized spacial score (nSPS) is 11.6. The van der Waals surface area contributed by atoms with Crippen molar-refractivity contribution in [1.29, 1.82) is 0 Å². The van der Waals surface area contributed by atoms with Gasteiger partial charge in [-0.3, -0.25) is 4.79 Å². The molecule has 0 aliphatic rings. The lowest BCUT2D eigenvalue weighted by Crippen LogP contribution is -2.35. The Bertz CT molecular complexity index is 311. The molecule has 0 N–H and O–H groups in total. The van der Waals surface area contributed by atoms with E-state index in [1.807, 2.05) is 4.90 Å². The molecule has 0 aliphatic heterocycles. The van der Waals surface area contributed by atoms with Gasteiger partial charge < -0.3 is 9.46 Å². The third kappa shape index (κ3) is 9.66. The van der Waals surface area contributed by atoms with Gasteiger partial charge in [-0.1, -0.05) is 53.4 Å². The molecule has 0 saturated heterocycles. The summed E-state index contributed by atoms with van der Waals surface area (Å²) in [6.45, 7) is 10.2. The van der Waals surface area contributed by atoms with Gasteiger partial charge in [0.1, 0.15) is 0 Å². The topological polar surface area (TPSA) is 37.4 Å². The summed E-state index contributed by atoms with van der Waals surface area (Å²) in [6.07, 6.45) is 10.2. The van der Waals surface area contributed by atoms with Gasteiger partial charge in [0.25, 0.3) is 0 Å². The number of hydrogen-bond acceptors (Lipinski definition) is 2. The second-order valence-corrected chi connectivity index (χ2v) is 9.79. The second kappa shape index (κ2) is 13.2. The summed E-state index contributed by atoms with van der Waals surface area (Å²) in [5.74, 6) is 0.137. The summed E-state index contributed by atoms with van der Waals surface area (Å²) in [7, 11) is -2.32. The van der Waals surface area contributed by atoms with E-state index in [-0.39, 0.29) is 5.91 Å². The zero-order chi connectivity index (χ0) is 16.8. The summed E-state index contributed by atoms with van der Waals surface area (Å²) in [5, 5.41) is 0. The highest BCUT2D eigenvalue weighted by molar-refractivity contribution is 7.64. The number of rotatable bonds is 14. The fourth-order valence-corrected chi connectivity index (χ4v) is 5.59. The predicted octanol–water partition coefficient (Wildman–Crippen LogP) is 5.38. The smallest absolute Gasteiger partial charge is 0.229 e. The van der Waals surface area contributed by atoms with Crippen LogP contribution < -0.4 is 0 Å². The highest BCUT2D eigenvalue weighted by Gasteiger charge is 2.27. The fraction of sp³-hybridized carbons (Fsp3) is 0.944. The SMILES string of the molecule is CCCCN(CCCC)C(=O)CP(=O)(CCCC)CCCC. The van der Waals surface area contributed by atoms with Crippen LogP contribution in [-0.4, -0.2) is 42.4 Å². The van der Waals surface area contributed by atoms with Crippen molar-refractivity contribution < 1.29 is 9.36 Å². The van der Waals surface area contributed by atoms with Gasteiger partial charge in [-0.25, -0.2) is 0 Å². The van der Waals surface area contributed by atoms with Crippen molar-refractivity contribution in [3.63, 3.8) is 0 Å². The van der Waals surface area contributed by atoms with Crippen molar-refractivity contribution in [2.45, 2.75) is 79.1 Å². The molecule has 0 radical (unpaired) electrons. The van der Waals surface area contributed by atoms with E-state index in [1.165, 1.54) is 0 Å². The predicted molar refractivity (Wildman–Crippen MR) is 98.4 cm³/mol. The molecule has 0 fully saturated rings. The molecule has 0 aromatic rings. The molecule has 0 heterocycles. The Labute approximate surface area is 138 Å². The van der Waals surface area contributed by atoms with Crippen LogP contribution in [0.15, 0.2) is 0 Å². The number of hydrogen-bond donors (Lipinski definition) is 0. The van der Waals surface area contributed by atoms with Gasteiger partial charge in [-0.2, -0.15) is 0 Å². The van der Waals surface area contributed by atoms with Gasteiger partial charge in [-0.05, 0) is 25.7 Å². The molecule has 0 aromatic heterocycles. The molecular weight excluding hydrogens is 293 g/mol. The lowest BCUT2D eigenvalue weighted by Gasteiger charge is -2.25. The molecule has 0 aromatic carbocycles. The zero-order valence-electron chi connectivity index (χ0n) is 15.4. The second-order valence-electron chi connectivity index (χ2n) is 6.46. The molecule has 4 heteroatoms. The monoisotopic (exact) mass is 331 g/mol. The van der Waals surface area contributed by atoms with Crippen LogP contribution in [-0.2, 0) is 9.36 Å². The van der Waals surface area contributed by atoms with Crippen molar-refractivity contribution in [1.82, 2.24) is 4.90 Å². The van der Waals surface area contributed by atoms with Crippen LogP contribution in [0.5, 0.6) is 0 Å². The molecule has 0 unspecified atom stereocenters. The van der Waals surface area contributed by atoms with E-state index in [4.69, 9.17) is 0 Å². The fourth-order valence-electron chi connectivity index (χ4n) is 2.57. The Hall–Kier alpha value is -0.300. The van der Waals surface area contributed by atoms with E-state index >= 15 is 0 Å². The van der Waals surface area contributed by atoms with E-state index in [1.54, 1.807) is 0 Å². The first kappa shape index (κ1) is 21.7. The summed E-state index contributed by atoms with van der Waals surface area (Å²) in [6, 6.07) is 0. The summed E-state index contributed by atoms with van der Waals surface area (Å²) >= 11 is 0. The minimum absolute atomic E-state index is 0.137. The Kier molecular flexibility index (Phi) is 13.0. The van der Waals surface area contributed by atoms with Gasteiger partial charge in [0.05, 0.1) is 13.3 Å². The summed E-state index contributed by atoms with van der Waals surface area (Å²) in [4.78, 5) is 14.6. The first-order valence-corrected chi connectivity index (χ1v) is 11.6. The molecule has 0 spiro atoms. The largest absolute Gasteiger partial charge is 0.342 e. The molecular formula is C18H38NO2P. The molecule has 22 heavy (non-hydrogen) atoms. The maximum absolute atomic E-state index is 13.1. The minimum atomic E-state index is -2.32. The Morgan fingerprint density at radius 2 is 1.18 bits per heavy atom. The molecule has 132 valence electrons. The minimum Gasteiger partial charge on any atom is -0.342 e. The van der Waals surface area contributed by atoms with Crippen LogP contribution in [0, 0.1) is 0 Å². The maximum atomic E-state index is 13.1. The molecule has 0 rings (SSSR count). The average Bonchev–Trinajstić information content (AvgIpc) is 2.51. The standard InChI is InChI=1S/C18H38NO2P/c1-5-9-13-19(14-10-6-2)18(20)17-22(21,15-11-7-3)16-12-8-4/h5-17H2,1-4H3. The van der Waals surface area contributed by atoms with E-state index < -0.39 is 7.14 Å². The summed E-state index contributed by atoms with van der Waals surface area (Å²) < 4.78 is 13.1. The molecule has 0 aliphatic carbocycles. The number of carbonyl (C=O) groups excluding carboxylic acids is 1. The summed E-state index contributed by atoms with van der Waals surface area (Å²) in [5.41, 5.74) is 0. The van der Waals surface area contributed by atoms with E-state index in [2.05, 4.69) is 27.7 Å². The Morgan fingerprint density at radius 3 is 1.55 bits per heavy atom. The van der Waals surface area contributed by atoms with Crippen LogP contribution >= 0.6 is 7.14 Å². The number of nitrogens with zero attached hydrogens (tertiary/aromatic N) is 1. The van der Waals surface area contributed by atoms with Gasteiger partial charge in [0, 0.05) is 25.4 Å². The Balaban J connectivity index is 4.73. The van der Waals surface area contributed by atoms with Gasteiger partial charge in [0.2, 0.25) is 5.91 Å². The highest BCUT2D eigenvalue weighted by Crippen LogP contribution is 2.47.